The van der Waals surface area contributed by atoms with Crippen molar-refractivity contribution in [2.45, 2.75) is 38.8 Å². The molecule has 1 unspecified atom stereocenters. The molecule has 9 nitrogen and oxygen atoms in total. The molecule has 3 heterocycles. The summed E-state index contributed by atoms with van der Waals surface area (Å²) in [6, 6.07) is 7.80. The lowest BCUT2D eigenvalue weighted by molar-refractivity contribution is -0.127. The average Bonchev–Trinajstić information content (AvgIpc) is 3.33. The van der Waals surface area contributed by atoms with Crippen molar-refractivity contribution in [1.82, 2.24) is 20.5 Å². The van der Waals surface area contributed by atoms with E-state index in [0.717, 1.165) is 16.5 Å². The number of fused-ring (bicyclic) bond motifs is 2. The average molecular weight is 462 g/mol. The molecule has 3 aliphatic rings. The fraction of sp³-hybridized carbons (Fsp3) is 0.440. The van der Waals surface area contributed by atoms with Gasteiger partial charge in [0.1, 0.15) is 23.5 Å². The van der Waals surface area contributed by atoms with Gasteiger partial charge in [0.15, 0.2) is 0 Å². The second-order valence-corrected chi connectivity index (χ2v) is 9.75. The zero-order valence-electron chi connectivity index (χ0n) is 19.3. The molecule has 2 aromatic rings. The van der Waals surface area contributed by atoms with Crippen LogP contribution in [0.15, 0.2) is 36.0 Å². The van der Waals surface area contributed by atoms with Crippen LogP contribution in [0.5, 0.6) is 5.75 Å². The number of carbonyl (C=O) groups excluding carboxylic acids is 3. The number of hydrogen-bond donors (Lipinski definition) is 3. The molecular formula is C25H27N5O4. The summed E-state index contributed by atoms with van der Waals surface area (Å²) in [5.41, 5.74) is 1.97. The summed E-state index contributed by atoms with van der Waals surface area (Å²) in [5.74, 6) is -0.540. The second kappa shape index (κ2) is 7.90. The van der Waals surface area contributed by atoms with Gasteiger partial charge in [0.25, 0.3) is 5.91 Å². The number of rotatable bonds is 6. The van der Waals surface area contributed by atoms with E-state index >= 15 is 0 Å². The third kappa shape index (κ3) is 3.41. The first-order valence-electron chi connectivity index (χ1n) is 11.4. The van der Waals surface area contributed by atoms with E-state index in [2.05, 4.69) is 21.7 Å². The fourth-order valence-electron chi connectivity index (χ4n) is 5.40. The zero-order chi connectivity index (χ0) is 24.2. The number of nitrogens with one attached hydrogen (secondary N) is 3. The van der Waals surface area contributed by atoms with Gasteiger partial charge in [-0.2, -0.15) is 5.26 Å². The third-order valence-corrected chi connectivity index (χ3v) is 7.40. The van der Waals surface area contributed by atoms with Crippen LogP contribution in [0.25, 0.3) is 10.9 Å². The number of aromatic amines is 1. The Kier molecular flexibility index (Phi) is 5.12. The highest BCUT2D eigenvalue weighted by Gasteiger charge is 2.64. The van der Waals surface area contributed by atoms with E-state index in [0.29, 0.717) is 24.4 Å². The SMILES string of the molecule is COc1cccc2[nH]c(C(=O)N3C=C4C([C@H]3C(=O)N[C@H](C#N)C[C@@H]3CCNC3=O)C4(C)C)cc12. The van der Waals surface area contributed by atoms with Crippen LogP contribution in [0.2, 0.25) is 0 Å². The van der Waals surface area contributed by atoms with Crippen LogP contribution in [0.4, 0.5) is 0 Å². The molecule has 3 amide bonds. The van der Waals surface area contributed by atoms with E-state index in [-0.39, 0.29) is 41.4 Å². The molecule has 3 N–H and O–H groups in total. The van der Waals surface area contributed by atoms with Crippen molar-refractivity contribution >= 4 is 28.6 Å². The van der Waals surface area contributed by atoms with Crippen molar-refractivity contribution in [2.75, 3.05) is 13.7 Å². The molecule has 1 aromatic heterocycles. The van der Waals surface area contributed by atoms with Gasteiger partial charge in [-0.25, -0.2) is 0 Å². The van der Waals surface area contributed by atoms with E-state index in [1.54, 1.807) is 19.4 Å². The van der Waals surface area contributed by atoms with E-state index in [1.165, 1.54) is 4.90 Å². The number of nitriles is 1. The van der Waals surface area contributed by atoms with Crippen molar-refractivity contribution in [3.8, 4) is 11.8 Å². The number of ether oxygens (including phenoxy) is 1. The highest BCUT2D eigenvalue weighted by Crippen LogP contribution is 2.64. The lowest BCUT2D eigenvalue weighted by Gasteiger charge is -2.28. The number of methoxy groups -OCH3 is 1. The Hall–Kier alpha value is -3.80. The van der Waals surface area contributed by atoms with Crippen LogP contribution in [-0.2, 0) is 9.59 Å². The third-order valence-electron chi connectivity index (χ3n) is 7.40. The number of nitrogens with zero attached hydrogens (tertiary/aromatic N) is 2. The predicted octanol–water partition coefficient (Wildman–Crippen LogP) is 2.08. The minimum Gasteiger partial charge on any atom is -0.496 e. The van der Waals surface area contributed by atoms with Gasteiger partial charge in [0.2, 0.25) is 11.8 Å². The summed E-state index contributed by atoms with van der Waals surface area (Å²) >= 11 is 0. The minimum atomic E-state index is -0.804. The van der Waals surface area contributed by atoms with Gasteiger partial charge < -0.3 is 25.3 Å². The van der Waals surface area contributed by atoms with Crippen molar-refractivity contribution in [1.29, 1.82) is 5.26 Å². The van der Waals surface area contributed by atoms with Crippen molar-refractivity contribution < 1.29 is 19.1 Å². The quantitative estimate of drug-likeness (QED) is 0.607. The highest BCUT2D eigenvalue weighted by molar-refractivity contribution is 6.03. The maximum Gasteiger partial charge on any atom is 0.275 e. The summed E-state index contributed by atoms with van der Waals surface area (Å²) in [6.07, 6.45) is 2.67. The van der Waals surface area contributed by atoms with Gasteiger partial charge in [-0.1, -0.05) is 19.9 Å². The van der Waals surface area contributed by atoms with E-state index in [1.807, 2.05) is 32.0 Å². The lowest BCUT2D eigenvalue weighted by Crippen LogP contribution is -2.51. The first kappa shape index (κ1) is 22.0. The first-order valence-corrected chi connectivity index (χ1v) is 11.4. The number of carbonyl (C=O) groups is 3. The summed E-state index contributed by atoms with van der Waals surface area (Å²) in [7, 11) is 1.57. The van der Waals surface area contributed by atoms with Gasteiger partial charge in [-0.15, -0.1) is 0 Å². The molecule has 1 saturated heterocycles. The van der Waals surface area contributed by atoms with Crippen LogP contribution in [0.3, 0.4) is 0 Å². The Bertz CT molecular complexity index is 1270. The second-order valence-electron chi connectivity index (χ2n) is 9.75. The number of amides is 3. The van der Waals surface area contributed by atoms with Crippen molar-refractivity contribution in [3.05, 3.63) is 41.7 Å². The summed E-state index contributed by atoms with van der Waals surface area (Å²) in [5, 5.41) is 16.0. The normalized spacial score (nSPS) is 25.2. The lowest BCUT2D eigenvalue weighted by atomic mass is 9.97. The topological polar surface area (TPSA) is 127 Å². The van der Waals surface area contributed by atoms with E-state index in [9.17, 15) is 19.6 Å². The molecule has 1 aromatic carbocycles. The Balaban J connectivity index is 1.39. The molecule has 0 spiro atoms. The van der Waals surface area contributed by atoms with Gasteiger partial charge >= 0.3 is 0 Å². The molecule has 1 saturated carbocycles. The molecule has 1 aliphatic carbocycles. The first-order chi connectivity index (χ1) is 16.3. The van der Waals surface area contributed by atoms with Crippen LogP contribution < -0.4 is 15.4 Å². The number of benzene rings is 1. The maximum absolute atomic E-state index is 13.5. The largest absolute Gasteiger partial charge is 0.496 e. The van der Waals surface area contributed by atoms with Gasteiger partial charge in [0, 0.05) is 35.5 Å². The summed E-state index contributed by atoms with van der Waals surface area (Å²) in [4.78, 5) is 43.4. The smallest absolute Gasteiger partial charge is 0.275 e. The van der Waals surface area contributed by atoms with E-state index in [4.69, 9.17) is 4.74 Å². The van der Waals surface area contributed by atoms with E-state index < -0.39 is 12.1 Å². The van der Waals surface area contributed by atoms with Gasteiger partial charge in [0.05, 0.1) is 13.2 Å². The maximum atomic E-state index is 13.5. The number of H-pyrrole nitrogens is 1. The van der Waals surface area contributed by atoms with Gasteiger partial charge in [-0.05, 0) is 42.0 Å². The monoisotopic (exact) mass is 461 g/mol. The molecule has 176 valence electrons. The van der Waals surface area contributed by atoms with Crippen molar-refractivity contribution in [3.63, 3.8) is 0 Å². The predicted molar refractivity (Wildman–Crippen MR) is 123 cm³/mol. The fourth-order valence-corrected chi connectivity index (χ4v) is 5.40. The molecule has 2 fully saturated rings. The molecular weight excluding hydrogens is 434 g/mol. The molecule has 9 heteroatoms. The summed E-state index contributed by atoms with van der Waals surface area (Å²) in [6.45, 7) is 4.67. The Morgan fingerprint density at radius 3 is 2.85 bits per heavy atom. The zero-order valence-corrected chi connectivity index (χ0v) is 19.3. The number of hydrogen-bond acceptors (Lipinski definition) is 5. The van der Waals surface area contributed by atoms with Crippen LogP contribution in [0.1, 0.15) is 37.2 Å². The molecule has 0 bridgehead atoms. The molecule has 5 rings (SSSR count). The molecule has 0 radical (unpaired) electrons. The molecule has 34 heavy (non-hydrogen) atoms. The molecule has 2 aliphatic heterocycles. The molecule has 4 atom stereocenters. The minimum absolute atomic E-state index is 0.0892. The van der Waals surface area contributed by atoms with Gasteiger partial charge in [-0.3, -0.25) is 14.4 Å². The highest BCUT2D eigenvalue weighted by atomic mass is 16.5. The van der Waals surface area contributed by atoms with Crippen molar-refractivity contribution in [2.24, 2.45) is 17.3 Å². The number of aromatic nitrogens is 1. The Morgan fingerprint density at radius 2 is 2.18 bits per heavy atom. The van der Waals surface area contributed by atoms with Crippen LogP contribution in [-0.4, -0.2) is 53.3 Å². The standard InChI is InChI=1S/C25H27N5O4/c1-25(2)16-12-30(24(33)18-10-15-17(29-18)5-4-6-19(15)34-3)21(20(16)25)23(32)28-14(11-26)9-13-7-8-27-22(13)31/h4-6,10,12-14,20-21,29H,7-9H2,1-3H3,(H,27,31)(H,28,32)/t13-,14-,20?,21-/m0/s1. The van der Waals surface area contributed by atoms with Crippen LogP contribution in [0, 0.1) is 28.6 Å². The Morgan fingerprint density at radius 1 is 1.38 bits per heavy atom. The summed E-state index contributed by atoms with van der Waals surface area (Å²) < 4.78 is 5.39. The Labute approximate surface area is 197 Å². The van der Waals surface area contributed by atoms with Crippen LogP contribution >= 0.6 is 0 Å².